The third kappa shape index (κ3) is 4.49. The summed E-state index contributed by atoms with van der Waals surface area (Å²) in [6, 6.07) is -0.194. The normalized spacial score (nSPS) is 27.8. The van der Waals surface area contributed by atoms with E-state index in [0.717, 1.165) is 32.1 Å². The van der Waals surface area contributed by atoms with Crippen molar-refractivity contribution < 1.29 is 9.90 Å². The van der Waals surface area contributed by atoms with E-state index in [1.54, 1.807) is 0 Å². The maximum Gasteiger partial charge on any atom is 0.237 e. The lowest BCUT2D eigenvalue weighted by atomic mass is 9.92. The number of carbonyl (C=O) groups excluding carboxylic acids is 1. The van der Waals surface area contributed by atoms with Gasteiger partial charge in [0.1, 0.15) is 0 Å². The van der Waals surface area contributed by atoms with Crippen LogP contribution in [0.25, 0.3) is 0 Å². The van der Waals surface area contributed by atoms with Crippen LogP contribution in [0.4, 0.5) is 0 Å². The summed E-state index contributed by atoms with van der Waals surface area (Å²) in [6.07, 6.45) is 3.83. The van der Waals surface area contributed by atoms with E-state index in [-0.39, 0.29) is 18.1 Å². The van der Waals surface area contributed by atoms with Gasteiger partial charge in [0.2, 0.25) is 5.91 Å². The Morgan fingerprint density at radius 1 is 1.38 bits per heavy atom. The minimum atomic E-state index is -0.396. The fraction of sp³-hybridized carbons (Fsp3) is 0.917. The van der Waals surface area contributed by atoms with Crippen LogP contribution in [0, 0.1) is 5.92 Å². The molecule has 0 radical (unpaired) electrons. The van der Waals surface area contributed by atoms with Gasteiger partial charge < -0.3 is 16.2 Å². The van der Waals surface area contributed by atoms with Crippen LogP contribution in [0.15, 0.2) is 0 Å². The topological polar surface area (TPSA) is 75.4 Å². The third-order valence-electron chi connectivity index (χ3n) is 3.11. The van der Waals surface area contributed by atoms with Gasteiger partial charge in [0.05, 0.1) is 12.1 Å². The predicted molar refractivity (Wildman–Crippen MR) is 63.8 cm³/mol. The van der Waals surface area contributed by atoms with Gasteiger partial charge in [-0.2, -0.15) is 0 Å². The number of nitrogens with one attached hydrogen (secondary N) is 1. The Hall–Kier alpha value is -0.610. The van der Waals surface area contributed by atoms with Gasteiger partial charge in [-0.05, 0) is 38.0 Å². The highest BCUT2D eigenvalue weighted by molar-refractivity contribution is 5.81. The average Bonchev–Trinajstić information content (AvgIpc) is 2.20. The van der Waals surface area contributed by atoms with Gasteiger partial charge in [0.25, 0.3) is 0 Å². The minimum absolute atomic E-state index is 0.0462. The molecule has 16 heavy (non-hydrogen) atoms. The van der Waals surface area contributed by atoms with Crippen LogP contribution in [-0.2, 0) is 4.79 Å². The number of hydrogen-bond donors (Lipinski definition) is 3. The molecule has 1 aliphatic carbocycles. The van der Waals surface area contributed by atoms with E-state index < -0.39 is 6.04 Å². The highest BCUT2D eigenvalue weighted by Gasteiger charge is 2.23. The Morgan fingerprint density at radius 3 is 2.44 bits per heavy atom. The molecule has 0 spiro atoms. The maximum absolute atomic E-state index is 11.7. The second-order valence-corrected chi connectivity index (χ2v) is 5.25. The molecular weight excluding hydrogens is 204 g/mol. The Balaban J connectivity index is 2.28. The monoisotopic (exact) mass is 228 g/mol. The van der Waals surface area contributed by atoms with Crippen molar-refractivity contribution >= 4 is 5.91 Å². The molecule has 0 aromatic rings. The Kier molecular flexibility index (Phi) is 5.22. The molecule has 1 saturated carbocycles. The van der Waals surface area contributed by atoms with Crippen molar-refractivity contribution in [1.82, 2.24) is 5.32 Å². The molecule has 0 saturated heterocycles. The van der Waals surface area contributed by atoms with Crippen molar-refractivity contribution in [2.45, 2.75) is 64.1 Å². The lowest BCUT2D eigenvalue weighted by Crippen LogP contribution is -2.47. The molecule has 4 N–H and O–H groups in total. The number of aliphatic hydroxyl groups excluding tert-OH is 1. The first-order valence-electron chi connectivity index (χ1n) is 6.23. The van der Waals surface area contributed by atoms with Crippen molar-refractivity contribution in [1.29, 1.82) is 0 Å². The fourth-order valence-corrected chi connectivity index (χ4v) is 2.14. The van der Waals surface area contributed by atoms with Crippen molar-refractivity contribution in [2.24, 2.45) is 11.7 Å². The molecule has 0 bridgehead atoms. The first kappa shape index (κ1) is 13.5. The van der Waals surface area contributed by atoms with Crippen LogP contribution in [0.2, 0.25) is 0 Å². The average molecular weight is 228 g/mol. The molecule has 0 heterocycles. The van der Waals surface area contributed by atoms with Crippen molar-refractivity contribution in [3.63, 3.8) is 0 Å². The lowest BCUT2D eigenvalue weighted by molar-refractivity contribution is -0.123. The van der Waals surface area contributed by atoms with E-state index in [1.165, 1.54) is 0 Å². The molecule has 1 rings (SSSR count). The molecule has 4 nitrogen and oxygen atoms in total. The number of amides is 1. The van der Waals surface area contributed by atoms with Gasteiger partial charge in [-0.15, -0.1) is 0 Å². The van der Waals surface area contributed by atoms with Crippen molar-refractivity contribution in [3.05, 3.63) is 0 Å². The summed E-state index contributed by atoms with van der Waals surface area (Å²) >= 11 is 0. The highest BCUT2D eigenvalue weighted by Crippen LogP contribution is 2.18. The Bertz CT molecular complexity index is 223. The summed E-state index contributed by atoms with van der Waals surface area (Å²) in [5.74, 6) is 0.393. The molecule has 0 aromatic carbocycles. The van der Waals surface area contributed by atoms with E-state index in [9.17, 15) is 9.90 Å². The number of hydrogen-bond acceptors (Lipinski definition) is 3. The molecule has 94 valence electrons. The van der Waals surface area contributed by atoms with Gasteiger partial charge in [-0.3, -0.25) is 4.79 Å². The minimum Gasteiger partial charge on any atom is -0.393 e. The van der Waals surface area contributed by atoms with Gasteiger partial charge in [-0.25, -0.2) is 0 Å². The standard InChI is InChI=1S/C12H24N2O2/c1-8(2)7-11(13)12(16)14-9-3-5-10(15)6-4-9/h8-11,15H,3-7,13H2,1-2H3,(H,14,16)/t9?,10?,11-/m0/s1. The van der Waals surface area contributed by atoms with Gasteiger partial charge in [0, 0.05) is 6.04 Å². The first-order valence-corrected chi connectivity index (χ1v) is 6.23. The van der Waals surface area contributed by atoms with Crippen LogP contribution in [0.3, 0.4) is 0 Å². The van der Waals surface area contributed by atoms with Crippen LogP contribution in [0.1, 0.15) is 46.0 Å². The van der Waals surface area contributed by atoms with E-state index in [1.807, 2.05) is 0 Å². The van der Waals surface area contributed by atoms with Crippen LogP contribution < -0.4 is 11.1 Å². The second-order valence-electron chi connectivity index (χ2n) is 5.25. The van der Waals surface area contributed by atoms with Crippen LogP contribution in [-0.4, -0.2) is 29.2 Å². The zero-order valence-electron chi connectivity index (χ0n) is 10.3. The first-order chi connectivity index (χ1) is 7.49. The number of carbonyl (C=O) groups is 1. The predicted octanol–water partition coefficient (Wildman–Crippen LogP) is 0.779. The van der Waals surface area contributed by atoms with E-state index >= 15 is 0 Å². The maximum atomic E-state index is 11.7. The van der Waals surface area contributed by atoms with E-state index in [2.05, 4.69) is 19.2 Å². The Morgan fingerprint density at radius 2 is 1.94 bits per heavy atom. The lowest BCUT2D eigenvalue weighted by Gasteiger charge is -2.27. The molecular formula is C12H24N2O2. The zero-order valence-corrected chi connectivity index (χ0v) is 10.3. The van der Waals surface area contributed by atoms with Gasteiger partial charge in [-0.1, -0.05) is 13.8 Å². The summed E-state index contributed by atoms with van der Waals surface area (Å²) < 4.78 is 0. The fourth-order valence-electron chi connectivity index (χ4n) is 2.14. The third-order valence-corrected chi connectivity index (χ3v) is 3.11. The summed E-state index contributed by atoms with van der Waals surface area (Å²) in [4.78, 5) is 11.7. The van der Waals surface area contributed by atoms with Gasteiger partial charge >= 0.3 is 0 Å². The summed E-state index contributed by atoms with van der Waals surface area (Å²) in [6.45, 7) is 4.12. The molecule has 0 unspecified atom stereocenters. The molecule has 4 heteroatoms. The number of aliphatic hydroxyl groups is 1. The summed E-state index contributed by atoms with van der Waals surface area (Å²) in [7, 11) is 0. The molecule has 1 atom stereocenters. The summed E-state index contributed by atoms with van der Waals surface area (Å²) in [5, 5.41) is 12.3. The number of rotatable bonds is 4. The van der Waals surface area contributed by atoms with E-state index in [0.29, 0.717) is 5.92 Å². The van der Waals surface area contributed by atoms with E-state index in [4.69, 9.17) is 5.73 Å². The van der Waals surface area contributed by atoms with Gasteiger partial charge in [0.15, 0.2) is 0 Å². The molecule has 0 aromatic heterocycles. The van der Waals surface area contributed by atoms with Crippen LogP contribution >= 0.6 is 0 Å². The molecule has 1 aliphatic rings. The highest BCUT2D eigenvalue weighted by atomic mass is 16.3. The Labute approximate surface area is 97.6 Å². The molecule has 1 fully saturated rings. The van der Waals surface area contributed by atoms with Crippen molar-refractivity contribution in [3.8, 4) is 0 Å². The van der Waals surface area contributed by atoms with Crippen LogP contribution in [0.5, 0.6) is 0 Å². The molecule has 1 amide bonds. The summed E-state index contributed by atoms with van der Waals surface area (Å²) in [5.41, 5.74) is 5.80. The zero-order chi connectivity index (χ0) is 12.1. The van der Waals surface area contributed by atoms with Crippen molar-refractivity contribution in [2.75, 3.05) is 0 Å². The SMILES string of the molecule is CC(C)C[C@H](N)C(=O)NC1CCC(O)CC1. The second kappa shape index (κ2) is 6.21. The largest absolute Gasteiger partial charge is 0.393 e. The number of nitrogens with two attached hydrogens (primary N) is 1. The molecule has 0 aliphatic heterocycles. The quantitative estimate of drug-likeness (QED) is 0.665. The smallest absolute Gasteiger partial charge is 0.237 e.